The Labute approximate surface area is 139 Å². The maximum Gasteiger partial charge on any atom is 0.119 e. The van der Waals surface area contributed by atoms with Gasteiger partial charge in [-0.05, 0) is 42.0 Å². The van der Waals surface area contributed by atoms with Crippen LogP contribution in [0, 0.1) is 23.2 Å². The summed E-state index contributed by atoms with van der Waals surface area (Å²) in [6, 6.07) is 8.84. The molecule has 0 bridgehead atoms. The predicted molar refractivity (Wildman–Crippen MR) is 93.2 cm³/mol. The molecule has 0 radical (unpaired) electrons. The van der Waals surface area contributed by atoms with Crippen molar-refractivity contribution < 1.29 is 4.74 Å². The lowest BCUT2D eigenvalue weighted by atomic mass is 9.83. The Balaban J connectivity index is 1.65. The number of fused-ring (bicyclic) bond motifs is 1. The van der Waals surface area contributed by atoms with Crippen LogP contribution in [-0.4, -0.2) is 31.1 Å². The fourth-order valence-electron chi connectivity index (χ4n) is 3.37. The molecule has 3 nitrogen and oxygen atoms in total. The molecule has 0 spiro atoms. The topological polar surface area (TPSA) is 36.3 Å². The van der Waals surface area contributed by atoms with Crippen LogP contribution in [0.15, 0.2) is 23.8 Å². The summed E-state index contributed by atoms with van der Waals surface area (Å²) < 4.78 is 5.83. The highest BCUT2D eigenvalue weighted by molar-refractivity contribution is 5.62. The van der Waals surface area contributed by atoms with Crippen LogP contribution in [0.2, 0.25) is 0 Å². The van der Waals surface area contributed by atoms with Crippen molar-refractivity contribution in [2.75, 3.05) is 26.2 Å². The maximum atomic E-state index is 8.89. The van der Waals surface area contributed by atoms with Crippen molar-refractivity contribution in [1.82, 2.24) is 4.90 Å². The first-order chi connectivity index (χ1) is 11.2. The third kappa shape index (κ3) is 3.76. The standard InChI is InChI=1S/C20H26N2O/c1-3-4-7-23-20-6-5-17-9-19(15(2)8-18(17)10-20)14-22-12-16(11-21)13-22/h5-6,9-10,15-16H,3-4,7-8,12-14H2,1-2H3/t15-/m0/s1. The van der Waals surface area contributed by atoms with Crippen molar-refractivity contribution in [1.29, 1.82) is 5.26 Å². The first-order valence-corrected chi connectivity index (χ1v) is 8.77. The van der Waals surface area contributed by atoms with Gasteiger partial charge in [-0.3, -0.25) is 4.90 Å². The summed E-state index contributed by atoms with van der Waals surface area (Å²) >= 11 is 0. The second-order valence-electron chi connectivity index (χ2n) is 6.91. The molecule has 1 atom stereocenters. The molecule has 0 unspecified atom stereocenters. The largest absolute Gasteiger partial charge is 0.494 e. The summed E-state index contributed by atoms with van der Waals surface area (Å²) in [5.74, 6) is 1.81. The van der Waals surface area contributed by atoms with Crippen molar-refractivity contribution in [3.05, 3.63) is 34.9 Å². The number of ether oxygens (including phenoxy) is 1. The molecule has 1 fully saturated rings. The zero-order valence-electron chi connectivity index (χ0n) is 14.2. The van der Waals surface area contributed by atoms with Gasteiger partial charge in [-0.2, -0.15) is 5.26 Å². The van der Waals surface area contributed by atoms with Crippen LogP contribution in [0.25, 0.3) is 6.08 Å². The highest BCUT2D eigenvalue weighted by Crippen LogP contribution is 2.32. The zero-order valence-corrected chi connectivity index (χ0v) is 14.2. The number of hydrogen-bond donors (Lipinski definition) is 0. The minimum atomic E-state index is 0.240. The summed E-state index contributed by atoms with van der Waals surface area (Å²) in [6.07, 6.45) is 5.70. The molecule has 1 saturated heterocycles. The van der Waals surface area contributed by atoms with Crippen LogP contribution in [0.3, 0.4) is 0 Å². The Bertz CT molecular complexity index is 623. The van der Waals surface area contributed by atoms with E-state index in [4.69, 9.17) is 10.00 Å². The molecule has 1 aliphatic carbocycles. The number of likely N-dealkylation sites (tertiary alicyclic amines) is 1. The number of benzene rings is 1. The van der Waals surface area contributed by atoms with Crippen LogP contribution >= 0.6 is 0 Å². The van der Waals surface area contributed by atoms with Crippen LogP contribution in [0.4, 0.5) is 0 Å². The highest BCUT2D eigenvalue weighted by atomic mass is 16.5. The molecular weight excluding hydrogens is 284 g/mol. The van der Waals surface area contributed by atoms with Gasteiger partial charge in [-0.1, -0.05) is 38.0 Å². The van der Waals surface area contributed by atoms with E-state index in [1.807, 2.05) is 0 Å². The van der Waals surface area contributed by atoms with Crippen molar-refractivity contribution >= 4 is 6.08 Å². The summed E-state index contributed by atoms with van der Waals surface area (Å²) in [7, 11) is 0. The molecule has 0 saturated carbocycles. The normalized spacial score (nSPS) is 21.1. The van der Waals surface area contributed by atoms with Gasteiger partial charge in [-0.25, -0.2) is 0 Å². The van der Waals surface area contributed by atoms with Crippen molar-refractivity contribution in [3.63, 3.8) is 0 Å². The molecule has 2 aliphatic rings. The lowest BCUT2D eigenvalue weighted by molar-refractivity contribution is 0.146. The molecule has 1 aromatic rings. The number of nitrogens with zero attached hydrogens (tertiary/aromatic N) is 2. The molecule has 0 aromatic heterocycles. The fourth-order valence-corrected chi connectivity index (χ4v) is 3.37. The van der Waals surface area contributed by atoms with Crippen molar-refractivity contribution in [2.45, 2.75) is 33.1 Å². The van der Waals surface area contributed by atoms with E-state index in [0.29, 0.717) is 5.92 Å². The third-order valence-corrected chi connectivity index (χ3v) is 4.93. The Morgan fingerprint density at radius 3 is 2.91 bits per heavy atom. The number of nitriles is 1. The molecule has 1 aliphatic heterocycles. The zero-order chi connectivity index (χ0) is 16.2. The van der Waals surface area contributed by atoms with Gasteiger partial charge in [0.05, 0.1) is 18.6 Å². The van der Waals surface area contributed by atoms with Gasteiger partial charge >= 0.3 is 0 Å². The SMILES string of the molecule is CCCCOc1ccc2c(c1)C[C@H](C)C(CN1CC(C#N)C1)=C2. The molecule has 3 rings (SSSR count). The molecule has 3 heteroatoms. The Morgan fingerprint density at radius 2 is 2.17 bits per heavy atom. The summed E-state index contributed by atoms with van der Waals surface area (Å²) in [6.45, 7) is 8.16. The van der Waals surface area contributed by atoms with E-state index < -0.39 is 0 Å². The smallest absolute Gasteiger partial charge is 0.119 e. The Hall–Kier alpha value is -1.79. The first kappa shape index (κ1) is 16.1. The van der Waals surface area contributed by atoms with Crippen LogP contribution in [-0.2, 0) is 6.42 Å². The van der Waals surface area contributed by atoms with E-state index in [1.54, 1.807) is 0 Å². The summed E-state index contributed by atoms with van der Waals surface area (Å²) in [5.41, 5.74) is 4.22. The minimum absolute atomic E-state index is 0.240. The lowest BCUT2D eigenvalue weighted by Gasteiger charge is -2.37. The average Bonchev–Trinajstić information content (AvgIpc) is 2.51. The van der Waals surface area contributed by atoms with E-state index in [2.05, 4.69) is 49.1 Å². The van der Waals surface area contributed by atoms with Crippen molar-refractivity contribution in [2.24, 2.45) is 11.8 Å². The number of unbranched alkanes of at least 4 members (excludes halogenated alkanes) is 1. The number of hydrogen-bond acceptors (Lipinski definition) is 3. The quantitative estimate of drug-likeness (QED) is 0.748. The molecule has 0 amide bonds. The highest BCUT2D eigenvalue weighted by Gasteiger charge is 2.28. The van der Waals surface area contributed by atoms with E-state index in [1.165, 1.54) is 16.7 Å². The molecular formula is C20H26N2O. The third-order valence-electron chi connectivity index (χ3n) is 4.93. The van der Waals surface area contributed by atoms with E-state index in [-0.39, 0.29) is 5.92 Å². The van der Waals surface area contributed by atoms with Gasteiger partial charge in [0, 0.05) is 19.6 Å². The molecule has 0 N–H and O–H groups in total. The van der Waals surface area contributed by atoms with E-state index in [0.717, 1.165) is 51.3 Å². The predicted octanol–water partition coefficient (Wildman–Crippen LogP) is 3.90. The first-order valence-electron chi connectivity index (χ1n) is 8.77. The molecule has 122 valence electrons. The second-order valence-corrected chi connectivity index (χ2v) is 6.91. The van der Waals surface area contributed by atoms with Crippen LogP contribution in [0.5, 0.6) is 5.75 Å². The molecule has 1 aromatic carbocycles. The minimum Gasteiger partial charge on any atom is -0.494 e. The fraction of sp³-hybridized carbons (Fsp3) is 0.550. The maximum absolute atomic E-state index is 8.89. The molecule has 1 heterocycles. The van der Waals surface area contributed by atoms with Crippen LogP contribution in [0.1, 0.15) is 37.8 Å². The number of rotatable bonds is 6. The van der Waals surface area contributed by atoms with Gasteiger partial charge < -0.3 is 4.74 Å². The van der Waals surface area contributed by atoms with Crippen molar-refractivity contribution in [3.8, 4) is 11.8 Å². The molecule has 23 heavy (non-hydrogen) atoms. The monoisotopic (exact) mass is 310 g/mol. The van der Waals surface area contributed by atoms with E-state index >= 15 is 0 Å². The van der Waals surface area contributed by atoms with Gasteiger partial charge in [0.25, 0.3) is 0 Å². The summed E-state index contributed by atoms with van der Waals surface area (Å²) in [5, 5.41) is 8.89. The van der Waals surface area contributed by atoms with Crippen LogP contribution < -0.4 is 4.74 Å². The lowest BCUT2D eigenvalue weighted by Crippen LogP contribution is -2.47. The van der Waals surface area contributed by atoms with Gasteiger partial charge in [0.1, 0.15) is 5.75 Å². The second kappa shape index (κ2) is 7.19. The Morgan fingerprint density at radius 1 is 1.35 bits per heavy atom. The van der Waals surface area contributed by atoms with Gasteiger partial charge in [0.15, 0.2) is 0 Å². The van der Waals surface area contributed by atoms with Gasteiger partial charge in [0.2, 0.25) is 0 Å². The average molecular weight is 310 g/mol. The van der Waals surface area contributed by atoms with E-state index in [9.17, 15) is 0 Å². The summed E-state index contributed by atoms with van der Waals surface area (Å²) in [4.78, 5) is 2.38. The Kier molecular flexibility index (Phi) is 5.03. The van der Waals surface area contributed by atoms with Gasteiger partial charge in [-0.15, -0.1) is 0 Å².